The van der Waals surface area contributed by atoms with E-state index in [0.717, 1.165) is 19.2 Å². The predicted octanol–water partition coefficient (Wildman–Crippen LogP) is 2.55. The molecular weight excluding hydrogens is 408 g/mol. The number of hydrogen-bond acceptors (Lipinski definition) is 4. The largest absolute Gasteiger partial charge is 0.434 e. The van der Waals surface area contributed by atoms with Crippen LogP contribution in [0.15, 0.2) is 24.3 Å². The molecule has 2 atom stereocenters. The van der Waals surface area contributed by atoms with E-state index in [1.807, 2.05) is 0 Å². The number of carbonyl (C=O) groups is 2. The van der Waals surface area contributed by atoms with E-state index in [4.69, 9.17) is 16.3 Å². The Balaban J connectivity index is 1.98. The molecule has 2 aromatic rings. The zero-order valence-electron chi connectivity index (χ0n) is 14.2. The Morgan fingerprint density at radius 2 is 2.14 bits per heavy atom. The monoisotopic (exact) mass is 420 g/mol. The van der Waals surface area contributed by atoms with Crippen LogP contribution < -0.4 is 10.6 Å². The summed E-state index contributed by atoms with van der Waals surface area (Å²) in [4.78, 5) is 23.5. The maximum Gasteiger partial charge on any atom is 0.433 e. The molecule has 2 N–H and O–H groups in total. The van der Waals surface area contributed by atoms with Crippen LogP contribution in [0, 0.1) is 5.82 Å². The van der Waals surface area contributed by atoms with E-state index < -0.39 is 41.8 Å². The van der Waals surface area contributed by atoms with Gasteiger partial charge in [-0.25, -0.2) is 9.18 Å². The number of amides is 2. The molecule has 0 saturated carbocycles. The van der Waals surface area contributed by atoms with E-state index in [-0.39, 0.29) is 22.8 Å². The summed E-state index contributed by atoms with van der Waals surface area (Å²) in [6.07, 6.45) is -6.63. The van der Waals surface area contributed by atoms with Gasteiger partial charge in [0.05, 0.1) is 23.3 Å². The minimum Gasteiger partial charge on any atom is -0.434 e. The topological polar surface area (TPSA) is 85.3 Å². The van der Waals surface area contributed by atoms with Gasteiger partial charge in [0, 0.05) is 7.05 Å². The lowest BCUT2D eigenvalue weighted by atomic mass is 10.0. The van der Waals surface area contributed by atoms with Gasteiger partial charge >= 0.3 is 12.3 Å². The first-order valence-corrected chi connectivity index (χ1v) is 8.25. The van der Waals surface area contributed by atoms with E-state index in [2.05, 4.69) is 15.7 Å². The number of benzene rings is 1. The third-order valence-electron chi connectivity index (χ3n) is 4.02. The fraction of sp³-hybridized carbons (Fsp3) is 0.312. The molecular formula is C16H13ClF4N4O3. The number of aryl methyl sites for hydroxylation is 1. The number of aromatic nitrogens is 2. The third-order valence-corrected chi connectivity index (χ3v) is 4.31. The van der Waals surface area contributed by atoms with Crippen molar-refractivity contribution >= 4 is 23.6 Å². The summed E-state index contributed by atoms with van der Waals surface area (Å²) in [7, 11) is 1.10. The Kier molecular flexibility index (Phi) is 5.20. The Bertz CT molecular complexity index is 931. The molecule has 1 saturated heterocycles. The maximum absolute atomic E-state index is 13.5. The Labute approximate surface area is 160 Å². The molecule has 1 unspecified atom stereocenters. The molecule has 0 aliphatic carbocycles. The molecule has 0 bridgehead atoms. The van der Waals surface area contributed by atoms with E-state index in [1.165, 1.54) is 12.1 Å². The highest BCUT2D eigenvalue weighted by Crippen LogP contribution is 2.32. The number of rotatable bonds is 4. The Morgan fingerprint density at radius 1 is 1.43 bits per heavy atom. The number of ether oxygens (including phenoxy) is 1. The molecule has 150 valence electrons. The number of nitrogens with zero attached hydrogens (tertiary/aromatic N) is 2. The van der Waals surface area contributed by atoms with Gasteiger partial charge in [0.2, 0.25) is 0 Å². The van der Waals surface area contributed by atoms with Crippen molar-refractivity contribution in [2.45, 2.75) is 18.3 Å². The number of nitrogens with one attached hydrogen (secondary N) is 2. The van der Waals surface area contributed by atoms with Gasteiger partial charge in [-0.05, 0) is 23.8 Å². The SMILES string of the molecule is Cn1nc([C@@H](NC(=O)C2CNC(=O)O2)c2ccc(F)c(Cl)c2)cc1C(F)(F)F. The van der Waals surface area contributed by atoms with Gasteiger partial charge in [-0.3, -0.25) is 9.48 Å². The van der Waals surface area contributed by atoms with Gasteiger partial charge in [-0.2, -0.15) is 18.3 Å². The standard InChI is InChI=1S/C16H13ClF4N4O3/c1-25-12(16(19,20)21)5-10(24-25)13(7-2-3-9(18)8(17)4-7)23-14(26)11-6-22-15(27)28-11/h2-5,11,13H,6H2,1H3,(H,22,27)(H,23,26)/t11?,13-/m0/s1. The number of halogens is 5. The first-order chi connectivity index (χ1) is 13.1. The van der Waals surface area contributed by atoms with Crippen LogP contribution in [0.2, 0.25) is 5.02 Å². The summed E-state index contributed by atoms with van der Waals surface area (Å²) in [6.45, 7) is -0.0996. The lowest BCUT2D eigenvalue weighted by Crippen LogP contribution is -2.39. The van der Waals surface area contributed by atoms with Crippen molar-refractivity contribution in [2.75, 3.05) is 6.54 Å². The maximum atomic E-state index is 13.5. The molecule has 1 aliphatic rings. The van der Waals surface area contributed by atoms with Crippen LogP contribution in [0.3, 0.4) is 0 Å². The minimum atomic E-state index is -4.67. The zero-order valence-corrected chi connectivity index (χ0v) is 14.9. The fourth-order valence-corrected chi connectivity index (χ4v) is 2.87. The van der Waals surface area contributed by atoms with Crippen molar-refractivity contribution in [3.8, 4) is 0 Å². The summed E-state index contributed by atoms with van der Waals surface area (Å²) in [5, 5.41) is 8.30. The molecule has 1 aromatic heterocycles. The molecule has 28 heavy (non-hydrogen) atoms. The van der Waals surface area contributed by atoms with Gasteiger partial charge in [-0.15, -0.1) is 0 Å². The summed E-state index contributed by atoms with van der Waals surface area (Å²) < 4.78 is 58.2. The Hall–Kier alpha value is -2.82. The average Bonchev–Trinajstić information content (AvgIpc) is 3.20. The summed E-state index contributed by atoms with van der Waals surface area (Å²) in [5.74, 6) is -1.50. The summed E-state index contributed by atoms with van der Waals surface area (Å²) >= 11 is 5.76. The average molecular weight is 421 g/mol. The fourth-order valence-electron chi connectivity index (χ4n) is 2.69. The van der Waals surface area contributed by atoms with Gasteiger partial charge < -0.3 is 15.4 Å². The highest BCUT2D eigenvalue weighted by molar-refractivity contribution is 6.30. The highest BCUT2D eigenvalue weighted by Gasteiger charge is 2.37. The minimum absolute atomic E-state index is 0.0996. The van der Waals surface area contributed by atoms with Crippen LogP contribution in [-0.4, -0.2) is 34.4 Å². The number of carbonyl (C=O) groups excluding carboxylic acids is 2. The second-order valence-corrected chi connectivity index (χ2v) is 6.37. The quantitative estimate of drug-likeness (QED) is 0.744. The van der Waals surface area contributed by atoms with Crippen LogP contribution in [0.4, 0.5) is 22.4 Å². The van der Waals surface area contributed by atoms with E-state index in [1.54, 1.807) is 0 Å². The van der Waals surface area contributed by atoms with Gasteiger partial charge in [0.15, 0.2) is 6.10 Å². The van der Waals surface area contributed by atoms with Crippen molar-refractivity contribution in [2.24, 2.45) is 7.05 Å². The van der Waals surface area contributed by atoms with Crippen molar-refractivity contribution in [3.63, 3.8) is 0 Å². The van der Waals surface area contributed by atoms with Crippen molar-refractivity contribution in [1.82, 2.24) is 20.4 Å². The van der Waals surface area contributed by atoms with Crippen molar-refractivity contribution in [3.05, 3.63) is 52.1 Å². The molecule has 3 rings (SSSR count). The van der Waals surface area contributed by atoms with Crippen molar-refractivity contribution in [1.29, 1.82) is 0 Å². The van der Waals surface area contributed by atoms with Gasteiger partial charge in [0.1, 0.15) is 11.5 Å². The molecule has 0 spiro atoms. The number of alkyl halides is 3. The summed E-state index contributed by atoms with van der Waals surface area (Å²) in [5.41, 5.74) is -0.990. The van der Waals surface area contributed by atoms with E-state index >= 15 is 0 Å². The first kappa shape index (κ1) is 19.9. The summed E-state index contributed by atoms with van der Waals surface area (Å²) in [6, 6.07) is 3.02. The number of cyclic esters (lactones) is 1. The third kappa shape index (κ3) is 4.03. The second kappa shape index (κ2) is 7.30. The van der Waals surface area contributed by atoms with E-state index in [9.17, 15) is 27.2 Å². The number of alkyl carbamates (subject to hydrolysis) is 1. The molecule has 2 amide bonds. The number of hydrogen-bond donors (Lipinski definition) is 2. The van der Waals surface area contributed by atoms with Crippen LogP contribution >= 0.6 is 11.6 Å². The van der Waals surface area contributed by atoms with E-state index in [0.29, 0.717) is 4.68 Å². The molecule has 2 heterocycles. The molecule has 0 radical (unpaired) electrons. The van der Waals surface area contributed by atoms with Crippen LogP contribution in [0.25, 0.3) is 0 Å². The van der Waals surface area contributed by atoms with Crippen LogP contribution in [-0.2, 0) is 22.8 Å². The first-order valence-electron chi connectivity index (χ1n) is 7.87. The zero-order chi connectivity index (χ0) is 20.6. The lowest BCUT2D eigenvalue weighted by Gasteiger charge is -2.19. The van der Waals surface area contributed by atoms with Crippen molar-refractivity contribution < 1.29 is 31.9 Å². The van der Waals surface area contributed by atoms with Gasteiger partial charge in [-0.1, -0.05) is 17.7 Å². The molecule has 7 nitrogen and oxygen atoms in total. The van der Waals surface area contributed by atoms with Gasteiger partial charge in [0.25, 0.3) is 5.91 Å². The highest BCUT2D eigenvalue weighted by atomic mass is 35.5. The second-order valence-electron chi connectivity index (χ2n) is 5.97. The molecule has 12 heteroatoms. The predicted molar refractivity (Wildman–Crippen MR) is 87.9 cm³/mol. The smallest absolute Gasteiger partial charge is 0.433 e. The normalized spacial score (nSPS) is 17.8. The molecule has 1 aliphatic heterocycles. The molecule has 1 aromatic carbocycles. The Morgan fingerprint density at radius 3 is 2.68 bits per heavy atom. The lowest BCUT2D eigenvalue weighted by molar-refractivity contribution is -0.143. The van der Waals surface area contributed by atoms with Crippen LogP contribution in [0.1, 0.15) is 23.0 Å². The molecule has 1 fully saturated rings. The van der Waals surface area contributed by atoms with Crippen LogP contribution in [0.5, 0.6) is 0 Å².